The number of hydrogen-bond acceptors (Lipinski definition) is 3. The fourth-order valence-corrected chi connectivity index (χ4v) is 11.0. The lowest BCUT2D eigenvalue weighted by molar-refractivity contribution is 1.18. The van der Waals surface area contributed by atoms with Crippen molar-refractivity contribution in [3.8, 4) is 16.8 Å². The quantitative estimate of drug-likeness (QED) is 0.170. The third-order valence-corrected chi connectivity index (χ3v) is 13.7. The van der Waals surface area contributed by atoms with Gasteiger partial charge < -0.3 is 9.47 Å². The highest BCUT2D eigenvalue weighted by molar-refractivity contribution is 7.26. The normalized spacial score (nSPS) is 11.9. The van der Waals surface area contributed by atoms with E-state index in [4.69, 9.17) is 0 Å². The Hall–Kier alpha value is -6.72. The highest BCUT2D eigenvalue weighted by Crippen LogP contribution is 2.47. The van der Waals surface area contributed by atoms with Gasteiger partial charge in [-0.05, 0) is 101 Å². The maximum atomic E-state index is 2.47. The Morgan fingerprint density at radius 3 is 1.84 bits per heavy atom. The predicted molar refractivity (Wildman–Crippen MR) is 244 cm³/mol. The number of fused-ring (bicyclic) bond motifs is 10. The molecule has 0 aliphatic rings. The summed E-state index contributed by atoms with van der Waals surface area (Å²) in [5.41, 5.74) is 9.44. The van der Waals surface area contributed by atoms with Gasteiger partial charge in [-0.15, -0.1) is 22.7 Å². The van der Waals surface area contributed by atoms with Crippen molar-refractivity contribution in [2.24, 2.45) is 0 Å². The predicted octanol–water partition coefficient (Wildman–Crippen LogP) is 15.8. The largest absolute Gasteiger partial charge is 0.309 e. The van der Waals surface area contributed by atoms with Crippen LogP contribution in [0.25, 0.3) is 89.7 Å². The van der Waals surface area contributed by atoms with Crippen LogP contribution in [0.1, 0.15) is 0 Å². The first-order valence-corrected chi connectivity index (χ1v) is 20.6. The molecule has 3 aromatic heterocycles. The second kappa shape index (κ2) is 12.4. The number of benzene rings is 9. The number of para-hydroxylation sites is 2. The van der Waals surface area contributed by atoms with Gasteiger partial charge in [0.1, 0.15) is 0 Å². The van der Waals surface area contributed by atoms with E-state index in [1.807, 2.05) is 22.7 Å². The zero-order chi connectivity index (χ0) is 36.7. The minimum atomic E-state index is 1.12. The minimum Gasteiger partial charge on any atom is -0.309 e. The van der Waals surface area contributed by atoms with E-state index in [0.717, 1.165) is 17.1 Å². The van der Waals surface area contributed by atoms with Crippen molar-refractivity contribution in [3.05, 3.63) is 194 Å². The highest BCUT2D eigenvalue weighted by atomic mass is 32.1. The first kappa shape index (κ1) is 31.6. The lowest BCUT2D eigenvalue weighted by atomic mass is 9.99. The first-order valence-electron chi connectivity index (χ1n) is 19.0. The maximum absolute atomic E-state index is 2.47. The van der Waals surface area contributed by atoms with Gasteiger partial charge in [0.2, 0.25) is 0 Å². The van der Waals surface area contributed by atoms with Crippen LogP contribution in [0.2, 0.25) is 0 Å². The van der Waals surface area contributed by atoms with Crippen molar-refractivity contribution in [1.82, 2.24) is 4.57 Å². The van der Waals surface area contributed by atoms with Crippen LogP contribution in [0.4, 0.5) is 17.1 Å². The van der Waals surface area contributed by atoms with Gasteiger partial charge in [-0.3, -0.25) is 0 Å². The molecule has 0 aliphatic carbocycles. The summed E-state index contributed by atoms with van der Waals surface area (Å²) in [5.74, 6) is 0. The molecule has 0 amide bonds. The van der Waals surface area contributed by atoms with Crippen LogP contribution in [0.3, 0.4) is 0 Å². The molecule has 0 spiro atoms. The molecule has 0 fully saturated rings. The molecule has 0 radical (unpaired) electrons. The van der Waals surface area contributed by atoms with Gasteiger partial charge >= 0.3 is 0 Å². The summed E-state index contributed by atoms with van der Waals surface area (Å²) >= 11 is 3.74. The first-order chi connectivity index (χ1) is 27.7. The summed E-state index contributed by atoms with van der Waals surface area (Å²) in [6.45, 7) is 0. The van der Waals surface area contributed by atoms with Crippen molar-refractivity contribution in [3.63, 3.8) is 0 Å². The smallest absolute Gasteiger partial charge is 0.0640 e. The molecule has 262 valence electrons. The summed E-state index contributed by atoms with van der Waals surface area (Å²) in [7, 11) is 0. The Morgan fingerprint density at radius 1 is 0.357 bits per heavy atom. The Morgan fingerprint density at radius 2 is 0.964 bits per heavy atom. The molecule has 0 unspecified atom stereocenters. The summed E-state index contributed by atoms with van der Waals surface area (Å²) in [5, 5.41) is 10.2. The zero-order valence-electron chi connectivity index (χ0n) is 30.2. The van der Waals surface area contributed by atoms with Gasteiger partial charge in [-0.1, -0.05) is 115 Å². The highest BCUT2D eigenvalue weighted by Gasteiger charge is 2.21. The molecule has 0 bridgehead atoms. The van der Waals surface area contributed by atoms with E-state index >= 15 is 0 Å². The number of rotatable bonds is 5. The summed E-state index contributed by atoms with van der Waals surface area (Å²) < 4.78 is 7.65. The van der Waals surface area contributed by atoms with Gasteiger partial charge in [-0.2, -0.15) is 0 Å². The summed E-state index contributed by atoms with van der Waals surface area (Å²) in [6, 6.07) is 71.5. The minimum absolute atomic E-state index is 1.12. The SMILES string of the molecule is c1ccc(-n2c3ccccc3c3ccc(N(c4ccc5cc(-c6ccc7sc8ccccc8c7c6)ccc5c4)c4cccc5c4sc4ccccc45)cc32)cc1. The Kier molecular flexibility index (Phi) is 7.00. The van der Waals surface area contributed by atoms with Crippen LogP contribution in [-0.2, 0) is 0 Å². The van der Waals surface area contributed by atoms with Crippen molar-refractivity contribution in [2.45, 2.75) is 0 Å². The van der Waals surface area contributed by atoms with E-state index in [2.05, 4.69) is 204 Å². The maximum Gasteiger partial charge on any atom is 0.0640 e. The van der Waals surface area contributed by atoms with Gasteiger partial charge in [-0.25, -0.2) is 0 Å². The number of aromatic nitrogens is 1. The molecule has 0 aliphatic heterocycles. The molecule has 12 rings (SSSR count). The summed E-state index contributed by atoms with van der Waals surface area (Å²) in [6.07, 6.45) is 0. The van der Waals surface area contributed by atoms with Crippen molar-refractivity contribution in [1.29, 1.82) is 0 Å². The van der Waals surface area contributed by atoms with Crippen molar-refractivity contribution < 1.29 is 0 Å². The molecule has 2 nitrogen and oxygen atoms in total. The fourth-order valence-electron chi connectivity index (χ4n) is 8.75. The lowest BCUT2D eigenvalue weighted by Gasteiger charge is -2.27. The monoisotopic (exact) mass is 748 g/mol. The van der Waals surface area contributed by atoms with E-state index in [-0.39, 0.29) is 0 Å². The second-order valence-electron chi connectivity index (χ2n) is 14.5. The molecule has 0 atom stereocenters. The van der Waals surface area contributed by atoms with Crippen LogP contribution in [0.15, 0.2) is 194 Å². The molecule has 0 saturated carbocycles. The number of nitrogens with zero attached hydrogens (tertiary/aromatic N) is 2. The van der Waals surface area contributed by atoms with Gasteiger partial charge in [0.15, 0.2) is 0 Å². The molecule has 0 saturated heterocycles. The average molecular weight is 749 g/mol. The lowest BCUT2D eigenvalue weighted by Crippen LogP contribution is -2.10. The molecule has 56 heavy (non-hydrogen) atoms. The third-order valence-electron chi connectivity index (χ3n) is 11.3. The zero-order valence-corrected chi connectivity index (χ0v) is 31.8. The molecule has 12 aromatic rings. The molecular formula is C52H32N2S2. The van der Waals surface area contributed by atoms with Crippen LogP contribution in [0, 0.1) is 0 Å². The summed E-state index contributed by atoms with van der Waals surface area (Å²) in [4.78, 5) is 2.47. The average Bonchev–Trinajstić information content (AvgIpc) is 3.93. The van der Waals surface area contributed by atoms with Crippen molar-refractivity contribution in [2.75, 3.05) is 4.90 Å². The Labute approximate surface area is 331 Å². The second-order valence-corrected chi connectivity index (χ2v) is 16.7. The molecule has 4 heteroatoms. The van der Waals surface area contributed by atoms with E-state index < -0.39 is 0 Å². The fraction of sp³-hybridized carbons (Fsp3) is 0. The number of thiophene rings is 2. The molecule has 0 N–H and O–H groups in total. The number of anilines is 3. The van der Waals surface area contributed by atoms with Crippen LogP contribution >= 0.6 is 22.7 Å². The molecule has 3 heterocycles. The standard InChI is InChI=1S/C52H32N2S2/c1-2-11-37(12-3-1)54-46-17-7-4-13-40(46)41-27-26-39(32-48(41)54)53(47-18-10-16-44-42-14-5-9-20-50(42)56-52(44)47)38-25-23-34-29-33(21-22-35(34)30-38)36-24-28-51-45(31-36)43-15-6-8-19-49(43)55-51/h1-32H. The van der Waals surface area contributed by atoms with Crippen LogP contribution < -0.4 is 4.90 Å². The molecular weight excluding hydrogens is 717 g/mol. The van der Waals surface area contributed by atoms with Gasteiger partial charge in [0.05, 0.1) is 21.4 Å². The van der Waals surface area contributed by atoms with Crippen LogP contribution in [-0.4, -0.2) is 4.57 Å². The Bertz CT molecular complexity index is 3500. The van der Waals surface area contributed by atoms with Gasteiger partial charge in [0.25, 0.3) is 0 Å². The van der Waals surface area contributed by atoms with Crippen molar-refractivity contribution >= 4 is 113 Å². The topological polar surface area (TPSA) is 8.17 Å². The van der Waals surface area contributed by atoms with E-state index in [1.54, 1.807) is 0 Å². The number of hydrogen-bond donors (Lipinski definition) is 0. The van der Waals surface area contributed by atoms with E-state index in [0.29, 0.717) is 0 Å². The van der Waals surface area contributed by atoms with Crippen LogP contribution in [0.5, 0.6) is 0 Å². The van der Waals surface area contributed by atoms with Gasteiger partial charge in [0, 0.05) is 63.5 Å². The van der Waals surface area contributed by atoms with E-state index in [9.17, 15) is 0 Å². The third kappa shape index (κ3) is 4.86. The Balaban J connectivity index is 1.05. The van der Waals surface area contributed by atoms with E-state index in [1.165, 1.54) is 89.7 Å². The molecule has 9 aromatic carbocycles.